The van der Waals surface area contributed by atoms with Gasteiger partial charge in [0.1, 0.15) is 0 Å². The zero-order chi connectivity index (χ0) is 12.1. The molecule has 1 aromatic rings. The van der Waals surface area contributed by atoms with E-state index < -0.39 is 0 Å². The van der Waals surface area contributed by atoms with Crippen molar-refractivity contribution in [1.29, 1.82) is 0 Å². The summed E-state index contributed by atoms with van der Waals surface area (Å²) in [5, 5.41) is 0.932. The summed E-state index contributed by atoms with van der Waals surface area (Å²) in [4.78, 5) is 2.56. The summed E-state index contributed by atoms with van der Waals surface area (Å²) in [7, 11) is 0. The highest BCUT2D eigenvalue weighted by molar-refractivity contribution is 9.08. The standard InChI is InChI=1S/C15H21BrN/c1-13(12-17-9-3-2-4-10-17)15-7-5-14(11-16)6-8-15/h5-8,13H,1-4,9-12H2. The van der Waals surface area contributed by atoms with Crippen LogP contribution in [0.25, 0.3) is 0 Å². The van der Waals surface area contributed by atoms with Gasteiger partial charge in [-0.1, -0.05) is 46.6 Å². The van der Waals surface area contributed by atoms with E-state index in [4.69, 9.17) is 0 Å². The molecule has 1 aliphatic heterocycles. The smallest absolute Gasteiger partial charge is 0.0283 e. The Bertz CT molecular complexity index is 327. The summed E-state index contributed by atoms with van der Waals surface area (Å²) in [5.41, 5.74) is 2.69. The molecule has 93 valence electrons. The SMILES string of the molecule is [CH2]C(CN1CCCCC1)c1ccc(CBr)cc1. The van der Waals surface area contributed by atoms with Crippen LogP contribution in [0.1, 0.15) is 36.3 Å². The molecule has 1 aromatic carbocycles. The number of likely N-dealkylation sites (tertiary alicyclic amines) is 1. The van der Waals surface area contributed by atoms with E-state index >= 15 is 0 Å². The lowest BCUT2D eigenvalue weighted by Crippen LogP contribution is -2.32. The molecule has 17 heavy (non-hydrogen) atoms. The molecule has 0 saturated carbocycles. The van der Waals surface area contributed by atoms with Gasteiger partial charge in [-0.05, 0) is 49.9 Å². The van der Waals surface area contributed by atoms with E-state index in [0.29, 0.717) is 5.92 Å². The topological polar surface area (TPSA) is 3.24 Å². The van der Waals surface area contributed by atoms with Gasteiger partial charge in [-0.3, -0.25) is 0 Å². The Labute approximate surface area is 113 Å². The number of piperidine rings is 1. The molecular weight excluding hydrogens is 274 g/mol. The molecule has 1 unspecified atom stereocenters. The van der Waals surface area contributed by atoms with Crippen molar-refractivity contribution in [3.05, 3.63) is 42.3 Å². The molecule has 1 nitrogen and oxygen atoms in total. The molecule has 1 fully saturated rings. The monoisotopic (exact) mass is 294 g/mol. The van der Waals surface area contributed by atoms with Crippen LogP contribution in [0.5, 0.6) is 0 Å². The summed E-state index contributed by atoms with van der Waals surface area (Å²) in [6.45, 7) is 7.92. The molecule has 2 rings (SSSR count). The van der Waals surface area contributed by atoms with Crippen LogP contribution in [0.4, 0.5) is 0 Å². The largest absolute Gasteiger partial charge is 0.303 e. The van der Waals surface area contributed by atoms with Crippen LogP contribution in [0.15, 0.2) is 24.3 Å². The highest BCUT2D eigenvalue weighted by atomic mass is 79.9. The summed E-state index contributed by atoms with van der Waals surface area (Å²) in [6, 6.07) is 8.83. The van der Waals surface area contributed by atoms with Crippen molar-refractivity contribution in [2.75, 3.05) is 19.6 Å². The second kappa shape index (κ2) is 6.55. The predicted molar refractivity (Wildman–Crippen MR) is 77.5 cm³/mol. The maximum Gasteiger partial charge on any atom is 0.0283 e. The first kappa shape index (κ1) is 13.1. The Morgan fingerprint density at radius 3 is 2.35 bits per heavy atom. The lowest BCUT2D eigenvalue weighted by atomic mass is 9.98. The third-order valence-electron chi connectivity index (χ3n) is 3.53. The Hall–Kier alpha value is -0.340. The van der Waals surface area contributed by atoms with Crippen molar-refractivity contribution in [3.63, 3.8) is 0 Å². The minimum Gasteiger partial charge on any atom is -0.303 e. The average Bonchev–Trinajstić information content (AvgIpc) is 2.40. The second-order valence-electron chi connectivity index (χ2n) is 4.93. The molecule has 0 aliphatic carbocycles. The molecule has 0 bridgehead atoms. The van der Waals surface area contributed by atoms with Crippen LogP contribution in [0.2, 0.25) is 0 Å². The van der Waals surface area contributed by atoms with Gasteiger partial charge in [0, 0.05) is 11.9 Å². The van der Waals surface area contributed by atoms with E-state index in [0.717, 1.165) is 11.9 Å². The molecule has 2 heteroatoms. The third kappa shape index (κ3) is 3.82. The lowest BCUT2D eigenvalue weighted by Gasteiger charge is -2.29. The quantitative estimate of drug-likeness (QED) is 0.759. The van der Waals surface area contributed by atoms with Crippen LogP contribution < -0.4 is 0 Å². The van der Waals surface area contributed by atoms with Gasteiger partial charge in [0.15, 0.2) is 0 Å². The van der Waals surface area contributed by atoms with Crippen molar-refractivity contribution in [2.45, 2.75) is 30.5 Å². The first-order valence-corrected chi connectivity index (χ1v) is 7.62. The van der Waals surface area contributed by atoms with Crippen molar-refractivity contribution in [1.82, 2.24) is 4.90 Å². The first-order chi connectivity index (χ1) is 8.29. The van der Waals surface area contributed by atoms with Crippen LogP contribution in [0.3, 0.4) is 0 Å². The van der Waals surface area contributed by atoms with Gasteiger partial charge >= 0.3 is 0 Å². The van der Waals surface area contributed by atoms with Crippen LogP contribution in [0, 0.1) is 6.92 Å². The predicted octanol–water partition coefficient (Wildman–Crippen LogP) is 3.99. The third-order valence-corrected chi connectivity index (χ3v) is 4.18. The summed E-state index contributed by atoms with van der Waals surface area (Å²) in [6.07, 6.45) is 4.11. The van der Waals surface area contributed by atoms with Crippen LogP contribution in [-0.4, -0.2) is 24.5 Å². The Morgan fingerprint density at radius 1 is 1.12 bits per heavy atom. The molecular formula is C15H21BrN. The average molecular weight is 295 g/mol. The Morgan fingerprint density at radius 2 is 1.76 bits per heavy atom. The van der Waals surface area contributed by atoms with Gasteiger partial charge in [0.25, 0.3) is 0 Å². The number of nitrogens with zero attached hydrogens (tertiary/aromatic N) is 1. The van der Waals surface area contributed by atoms with Gasteiger partial charge in [-0.2, -0.15) is 0 Å². The minimum atomic E-state index is 0.400. The molecule has 0 aromatic heterocycles. The van der Waals surface area contributed by atoms with Crippen molar-refractivity contribution in [2.24, 2.45) is 0 Å². The highest BCUT2D eigenvalue weighted by Crippen LogP contribution is 2.19. The van der Waals surface area contributed by atoms with Gasteiger partial charge in [0.05, 0.1) is 0 Å². The van der Waals surface area contributed by atoms with Crippen LogP contribution in [-0.2, 0) is 5.33 Å². The van der Waals surface area contributed by atoms with Crippen molar-refractivity contribution >= 4 is 15.9 Å². The fraction of sp³-hybridized carbons (Fsp3) is 0.533. The maximum atomic E-state index is 4.30. The Kier molecular flexibility index (Phi) is 5.05. The first-order valence-electron chi connectivity index (χ1n) is 6.50. The molecule has 0 spiro atoms. The second-order valence-corrected chi connectivity index (χ2v) is 5.49. The molecule has 1 radical (unpaired) electrons. The fourth-order valence-corrected chi connectivity index (χ4v) is 2.81. The van der Waals surface area contributed by atoms with Crippen molar-refractivity contribution in [3.8, 4) is 0 Å². The number of halogens is 1. The van der Waals surface area contributed by atoms with Gasteiger partial charge in [-0.25, -0.2) is 0 Å². The van der Waals surface area contributed by atoms with E-state index in [1.54, 1.807) is 0 Å². The summed E-state index contributed by atoms with van der Waals surface area (Å²) in [5.74, 6) is 0.400. The summed E-state index contributed by atoms with van der Waals surface area (Å²) >= 11 is 3.47. The molecule has 1 saturated heterocycles. The fourth-order valence-electron chi connectivity index (χ4n) is 2.44. The highest BCUT2D eigenvalue weighted by Gasteiger charge is 2.14. The van der Waals surface area contributed by atoms with E-state index in [-0.39, 0.29) is 0 Å². The minimum absolute atomic E-state index is 0.400. The number of hydrogen-bond acceptors (Lipinski definition) is 1. The van der Waals surface area contributed by atoms with E-state index in [2.05, 4.69) is 52.0 Å². The Balaban J connectivity index is 1.91. The normalized spacial score (nSPS) is 19.2. The number of rotatable bonds is 4. The van der Waals surface area contributed by atoms with Crippen molar-refractivity contribution < 1.29 is 0 Å². The molecule has 0 N–H and O–H groups in total. The molecule has 0 amide bonds. The number of hydrogen-bond donors (Lipinski definition) is 0. The van der Waals surface area contributed by atoms with E-state index in [1.807, 2.05) is 0 Å². The van der Waals surface area contributed by atoms with Gasteiger partial charge in [0.2, 0.25) is 0 Å². The van der Waals surface area contributed by atoms with Crippen LogP contribution >= 0.6 is 15.9 Å². The maximum absolute atomic E-state index is 4.30. The zero-order valence-electron chi connectivity index (χ0n) is 10.4. The summed E-state index contributed by atoms with van der Waals surface area (Å²) < 4.78 is 0. The van der Waals surface area contributed by atoms with Gasteiger partial charge < -0.3 is 4.90 Å². The lowest BCUT2D eigenvalue weighted by molar-refractivity contribution is 0.223. The zero-order valence-corrected chi connectivity index (χ0v) is 12.0. The van der Waals surface area contributed by atoms with E-state index in [1.165, 1.54) is 43.5 Å². The number of alkyl halides is 1. The van der Waals surface area contributed by atoms with Gasteiger partial charge in [-0.15, -0.1) is 0 Å². The molecule has 1 heterocycles. The number of benzene rings is 1. The van der Waals surface area contributed by atoms with E-state index in [9.17, 15) is 0 Å². The molecule has 1 aliphatic rings. The molecule has 1 atom stereocenters.